The first kappa shape index (κ1) is 13.3. The van der Waals surface area contributed by atoms with Gasteiger partial charge in [0.15, 0.2) is 0 Å². The molecule has 2 rings (SSSR count). The molecule has 0 aliphatic rings. The molecule has 100 valence electrons. The Hall–Kier alpha value is -2.15. The average molecular weight is 284 g/mol. The van der Waals surface area contributed by atoms with Gasteiger partial charge in [-0.25, -0.2) is 17.2 Å². The third kappa shape index (κ3) is 3.00. The molecule has 7 heteroatoms. The predicted octanol–water partition coefficient (Wildman–Crippen LogP) is 2.35. The first-order valence-corrected chi connectivity index (χ1v) is 6.70. The number of nitrogens with two attached hydrogens (primary N) is 1. The first-order chi connectivity index (χ1) is 8.88. The highest BCUT2D eigenvalue weighted by Gasteiger charge is 2.15. The summed E-state index contributed by atoms with van der Waals surface area (Å²) < 4.78 is 52.0. The molecule has 0 amide bonds. The van der Waals surface area contributed by atoms with Gasteiger partial charge in [-0.1, -0.05) is 6.07 Å². The van der Waals surface area contributed by atoms with E-state index in [1.807, 2.05) is 0 Å². The molecule has 0 saturated carbocycles. The van der Waals surface area contributed by atoms with E-state index < -0.39 is 21.7 Å². The second-order valence-corrected chi connectivity index (χ2v) is 5.48. The minimum absolute atomic E-state index is 0.0721. The van der Waals surface area contributed by atoms with Crippen molar-refractivity contribution in [1.29, 1.82) is 0 Å². The number of nitrogens with one attached hydrogen (secondary N) is 1. The quantitative estimate of drug-likeness (QED) is 0.850. The van der Waals surface area contributed by atoms with Crippen LogP contribution in [0.1, 0.15) is 0 Å². The van der Waals surface area contributed by atoms with Crippen LogP contribution in [0, 0.1) is 11.6 Å². The predicted molar refractivity (Wildman–Crippen MR) is 68.0 cm³/mol. The smallest absolute Gasteiger partial charge is 0.261 e. The Labute approximate surface area is 108 Å². The Kier molecular flexibility index (Phi) is 3.39. The molecule has 0 unspecified atom stereocenters. The van der Waals surface area contributed by atoms with Crippen LogP contribution in [-0.4, -0.2) is 8.42 Å². The average Bonchev–Trinajstić information content (AvgIpc) is 2.32. The fraction of sp³-hybridized carbons (Fsp3) is 0. The van der Waals surface area contributed by atoms with Crippen molar-refractivity contribution in [2.75, 3.05) is 10.5 Å². The third-order valence-electron chi connectivity index (χ3n) is 2.35. The van der Waals surface area contributed by atoms with E-state index in [1.54, 1.807) is 0 Å². The molecule has 2 aromatic carbocycles. The van der Waals surface area contributed by atoms with Crippen molar-refractivity contribution in [3.8, 4) is 0 Å². The molecule has 0 saturated heterocycles. The number of hydrogen-bond acceptors (Lipinski definition) is 3. The van der Waals surface area contributed by atoms with Crippen LogP contribution < -0.4 is 10.5 Å². The number of benzene rings is 2. The molecule has 0 heterocycles. The lowest BCUT2D eigenvalue weighted by Gasteiger charge is -2.08. The maximum Gasteiger partial charge on any atom is 0.261 e. The molecular weight excluding hydrogens is 274 g/mol. The van der Waals surface area contributed by atoms with Crippen LogP contribution in [0.4, 0.5) is 20.2 Å². The van der Waals surface area contributed by atoms with Crippen molar-refractivity contribution < 1.29 is 17.2 Å². The van der Waals surface area contributed by atoms with E-state index in [1.165, 1.54) is 18.2 Å². The molecule has 0 atom stereocenters. The minimum atomic E-state index is -3.93. The number of halogens is 2. The fourth-order valence-electron chi connectivity index (χ4n) is 1.46. The lowest BCUT2D eigenvalue weighted by Crippen LogP contribution is -2.13. The van der Waals surface area contributed by atoms with Gasteiger partial charge in [0, 0.05) is 0 Å². The van der Waals surface area contributed by atoms with Crippen molar-refractivity contribution in [2.24, 2.45) is 0 Å². The molecule has 0 radical (unpaired) electrons. The summed E-state index contributed by atoms with van der Waals surface area (Å²) >= 11 is 0. The summed E-state index contributed by atoms with van der Waals surface area (Å²) in [4.78, 5) is -0.198. The second kappa shape index (κ2) is 4.85. The van der Waals surface area contributed by atoms with E-state index in [4.69, 9.17) is 5.73 Å². The normalized spacial score (nSPS) is 11.3. The SMILES string of the molecule is Nc1cc(S(=O)(=O)Nc2cccc(F)c2)ccc1F. The van der Waals surface area contributed by atoms with E-state index in [2.05, 4.69) is 4.72 Å². The van der Waals surface area contributed by atoms with E-state index in [0.717, 1.165) is 24.3 Å². The summed E-state index contributed by atoms with van der Waals surface area (Å²) in [6.07, 6.45) is 0. The molecular formula is C12H10F2N2O2S. The summed E-state index contributed by atoms with van der Waals surface area (Å²) in [6, 6.07) is 8.01. The minimum Gasteiger partial charge on any atom is -0.396 e. The molecule has 4 nitrogen and oxygen atoms in total. The Morgan fingerprint density at radius 2 is 1.79 bits per heavy atom. The molecule has 0 bridgehead atoms. The lowest BCUT2D eigenvalue weighted by molar-refractivity contribution is 0.600. The van der Waals surface area contributed by atoms with Crippen LogP contribution in [0.3, 0.4) is 0 Å². The molecule has 19 heavy (non-hydrogen) atoms. The molecule has 2 aromatic rings. The molecule has 0 fully saturated rings. The zero-order valence-electron chi connectivity index (χ0n) is 9.60. The number of rotatable bonds is 3. The van der Waals surface area contributed by atoms with Crippen molar-refractivity contribution in [3.63, 3.8) is 0 Å². The van der Waals surface area contributed by atoms with E-state index in [-0.39, 0.29) is 16.3 Å². The van der Waals surface area contributed by atoms with Crippen molar-refractivity contribution >= 4 is 21.4 Å². The van der Waals surface area contributed by atoms with Crippen molar-refractivity contribution in [3.05, 3.63) is 54.1 Å². The van der Waals surface area contributed by atoms with Gasteiger partial charge >= 0.3 is 0 Å². The topological polar surface area (TPSA) is 72.2 Å². The van der Waals surface area contributed by atoms with Gasteiger partial charge in [-0.15, -0.1) is 0 Å². The van der Waals surface area contributed by atoms with E-state index in [0.29, 0.717) is 0 Å². The Balaban J connectivity index is 2.35. The van der Waals surface area contributed by atoms with Gasteiger partial charge in [0.05, 0.1) is 16.3 Å². The number of sulfonamides is 1. The van der Waals surface area contributed by atoms with Crippen LogP contribution in [-0.2, 0) is 10.0 Å². The van der Waals surface area contributed by atoms with Crippen LogP contribution in [0.25, 0.3) is 0 Å². The Bertz CT molecular complexity index is 717. The maximum absolute atomic E-state index is 13.0. The summed E-state index contributed by atoms with van der Waals surface area (Å²) in [7, 11) is -3.93. The summed E-state index contributed by atoms with van der Waals surface area (Å²) in [5, 5.41) is 0. The van der Waals surface area contributed by atoms with Gasteiger partial charge < -0.3 is 5.73 Å². The molecule has 0 aromatic heterocycles. The van der Waals surface area contributed by atoms with Crippen LogP contribution in [0.2, 0.25) is 0 Å². The summed E-state index contributed by atoms with van der Waals surface area (Å²) in [5.74, 6) is -1.27. The van der Waals surface area contributed by atoms with Crippen molar-refractivity contribution in [2.45, 2.75) is 4.90 Å². The fourth-order valence-corrected chi connectivity index (χ4v) is 2.54. The van der Waals surface area contributed by atoms with Gasteiger partial charge in [0.25, 0.3) is 10.0 Å². The van der Waals surface area contributed by atoms with Gasteiger partial charge in [0.1, 0.15) is 11.6 Å². The van der Waals surface area contributed by atoms with Gasteiger partial charge in [0.2, 0.25) is 0 Å². The van der Waals surface area contributed by atoms with E-state index >= 15 is 0 Å². The standard InChI is InChI=1S/C12H10F2N2O2S/c13-8-2-1-3-9(6-8)16-19(17,18)10-4-5-11(14)12(15)7-10/h1-7,16H,15H2. The maximum atomic E-state index is 13.0. The monoisotopic (exact) mass is 284 g/mol. The summed E-state index contributed by atoms with van der Waals surface area (Å²) in [5.41, 5.74) is 5.10. The van der Waals surface area contributed by atoms with Gasteiger partial charge in [-0.2, -0.15) is 0 Å². The van der Waals surface area contributed by atoms with Crippen LogP contribution in [0.15, 0.2) is 47.4 Å². The molecule has 0 spiro atoms. The van der Waals surface area contributed by atoms with Crippen LogP contribution in [0.5, 0.6) is 0 Å². The van der Waals surface area contributed by atoms with Crippen LogP contribution >= 0.6 is 0 Å². The molecule has 3 N–H and O–H groups in total. The Morgan fingerprint density at radius 3 is 2.42 bits per heavy atom. The molecule has 0 aliphatic carbocycles. The second-order valence-electron chi connectivity index (χ2n) is 3.80. The Morgan fingerprint density at radius 1 is 1.05 bits per heavy atom. The number of hydrogen-bond donors (Lipinski definition) is 2. The zero-order valence-corrected chi connectivity index (χ0v) is 10.4. The summed E-state index contributed by atoms with van der Waals surface area (Å²) in [6.45, 7) is 0. The van der Waals surface area contributed by atoms with Crippen molar-refractivity contribution in [1.82, 2.24) is 0 Å². The molecule has 0 aliphatic heterocycles. The van der Waals surface area contributed by atoms with Gasteiger partial charge in [-0.3, -0.25) is 4.72 Å². The van der Waals surface area contributed by atoms with E-state index in [9.17, 15) is 17.2 Å². The number of anilines is 2. The zero-order chi connectivity index (χ0) is 14.0. The highest BCUT2D eigenvalue weighted by Crippen LogP contribution is 2.20. The lowest BCUT2D eigenvalue weighted by atomic mass is 10.3. The number of nitrogen functional groups attached to an aromatic ring is 1. The highest BCUT2D eigenvalue weighted by molar-refractivity contribution is 7.92. The largest absolute Gasteiger partial charge is 0.396 e. The van der Waals surface area contributed by atoms with Gasteiger partial charge in [-0.05, 0) is 36.4 Å². The highest BCUT2D eigenvalue weighted by atomic mass is 32.2. The first-order valence-electron chi connectivity index (χ1n) is 5.22. The third-order valence-corrected chi connectivity index (χ3v) is 3.73.